The van der Waals surface area contributed by atoms with Crippen molar-refractivity contribution in [3.05, 3.63) is 59.7 Å². The normalized spacial score (nSPS) is 14.1. The highest BCUT2D eigenvalue weighted by Gasteiger charge is 2.22. The molecule has 0 atom stereocenters. The summed E-state index contributed by atoms with van der Waals surface area (Å²) in [6.45, 7) is 5.11. The second-order valence-electron chi connectivity index (χ2n) is 7.05. The van der Waals surface area contributed by atoms with Crippen LogP contribution in [0.5, 0.6) is 11.5 Å². The molecule has 2 aromatic rings. The number of ether oxygens (including phenoxy) is 1. The van der Waals surface area contributed by atoms with Gasteiger partial charge in [-0.15, -0.1) is 0 Å². The van der Waals surface area contributed by atoms with Crippen LogP contribution >= 0.6 is 0 Å². The maximum atomic E-state index is 12.5. The Morgan fingerprint density at radius 1 is 0.808 bits per heavy atom. The first kappa shape index (κ1) is 19.9. The molecule has 26 heavy (non-hydrogen) atoms. The van der Waals surface area contributed by atoms with E-state index in [1.165, 1.54) is 38.7 Å². The third-order valence-corrected chi connectivity index (χ3v) is 4.37. The summed E-state index contributed by atoms with van der Waals surface area (Å²) >= 11 is 0. The Morgan fingerprint density at radius 2 is 1.27 bits per heavy atom. The fraction of sp³-hybridized carbons (Fsp3) is 0.391. The lowest BCUT2D eigenvalue weighted by Crippen LogP contribution is -2.17. The predicted molar refractivity (Wildman–Crippen MR) is 105 cm³/mol. The molecular formula is C23H28O3. The lowest BCUT2D eigenvalue weighted by atomic mass is 9.84. The largest absolute Gasteiger partial charge is 0.457 e. The molecular weight excluding hydrogens is 324 g/mol. The van der Waals surface area contributed by atoms with Crippen molar-refractivity contribution in [3.63, 3.8) is 0 Å². The van der Waals surface area contributed by atoms with Crippen molar-refractivity contribution in [2.75, 3.05) is 0 Å². The topological polar surface area (TPSA) is 43.4 Å². The molecule has 3 rings (SSSR count). The minimum Gasteiger partial charge on any atom is -0.457 e. The first-order valence-electron chi connectivity index (χ1n) is 9.31. The SMILES string of the molecule is CC(C)=O.Cc1ccc(Oc2ccc(C(=O)C3CCCCC3)cc2)cc1. The Hall–Kier alpha value is -2.42. The second kappa shape index (κ2) is 9.91. The van der Waals surface area contributed by atoms with Crippen LogP contribution in [0, 0.1) is 12.8 Å². The van der Waals surface area contributed by atoms with Gasteiger partial charge in [0.15, 0.2) is 5.78 Å². The number of hydrogen-bond donors (Lipinski definition) is 0. The molecule has 0 heterocycles. The maximum Gasteiger partial charge on any atom is 0.165 e. The Bertz CT molecular complexity index is 704. The number of benzene rings is 2. The average molecular weight is 352 g/mol. The van der Waals surface area contributed by atoms with Crippen molar-refractivity contribution in [1.29, 1.82) is 0 Å². The lowest BCUT2D eigenvalue weighted by Gasteiger charge is -2.20. The van der Waals surface area contributed by atoms with E-state index in [0.717, 1.165) is 29.9 Å². The average Bonchev–Trinajstić information content (AvgIpc) is 2.64. The summed E-state index contributed by atoms with van der Waals surface area (Å²) in [5.74, 6) is 2.26. The molecule has 2 aromatic carbocycles. The molecule has 1 aliphatic rings. The number of carbonyl (C=O) groups excluding carboxylic acids is 2. The van der Waals surface area contributed by atoms with Gasteiger partial charge in [-0.2, -0.15) is 0 Å². The Balaban J connectivity index is 0.000000552. The number of ketones is 2. The molecule has 0 unspecified atom stereocenters. The van der Waals surface area contributed by atoms with Crippen LogP contribution in [0.2, 0.25) is 0 Å². The molecule has 3 heteroatoms. The van der Waals surface area contributed by atoms with E-state index in [9.17, 15) is 9.59 Å². The first-order valence-corrected chi connectivity index (χ1v) is 9.31. The summed E-state index contributed by atoms with van der Waals surface area (Å²) in [6.07, 6.45) is 5.73. The van der Waals surface area contributed by atoms with Gasteiger partial charge >= 0.3 is 0 Å². The third-order valence-electron chi connectivity index (χ3n) is 4.37. The predicted octanol–water partition coefficient (Wildman–Crippen LogP) is 6.15. The summed E-state index contributed by atoms with van der Waals surface area (Å²) in [6, 6.07) is 15.5. The van der Waals surface area contributed by atoms with E-state index in [2.05, 4.69) is 6.92 Å². The maximum absolute atomic E-state index is 12.5. The van der Waals surface area contributed by atoms with E-state index < -0.39 is 0 Å². The van der Waals surface area contributed by atoms with E-state index in [4.69, 9.17) is 4.74 Å². The van der Waals surface area contributed by atoms with Gasteiger partial charge in [-0.3, -0.25) is 4.79 Å². The van der Waals surface area contributed by atoms with Gasteiger partial charge in [-0.1, -0.05) is 37.0 Å². The van der Waals surface area contributed by atoms with Gasteiger partial charge < -0.3 is 9.53 Å². The van der Waals surface area contributed by atoms with Crippen LogP contribution in [0.3, 0.4) is 0 Å². The van der Waals surface area contributed by atoms with Crippen LogP contribution in [0.1, 0.15) is 61.9 Å². The summed E-state index contributed by atoms with van der Waals surface area (Å²) in [7, 11) is 0. The minimum absolute atomic E-state index is 0.167. The molecule has 0 N–H and O–H groups in total. The zero-order valence-corrected chi connectivity index (χ0v) is 16.0. The number of carbonyl (C=O) groups is 2. The highest BCUT2D eigenvalue weighted by atomic mass is 16.5. The third kappa shape index (κ3) is 6.47. The van der Waals surface area contributed by atoms with Crippen molar-refractivity contribution >= 4 is 11.6 Å². The summed E-state index contributed by atoms with van der Waals surface area (Å²) in [4.78, 5) is 21.9. The van der Waals surface area contributed by atoms with Gasteiger partial charge in [0.25, 0.3) is 0 Å². The van der Waals surface area contributed by atoms with Crippen LogP contribution in [-0.4, -0.2) is 11.6 Å². The fourth-order valence-corrected chi connectivity index (χ4v) is 3.03. The zero-order valence-electron chi connectivity index (χ0n) is 16.0. The Morgan fingerprint density at radius 3 is 1.77 bits per heavy atom. The lowest BCUT2D eigenvalue weighted by molar-refractivity contribution is -0.114. The van der Waals surface area contributed by atoms with Gasteiger partial charge in [0.2, 0.25) is 0 Å². The van der Waals surface area contributed by atoms with E-state index >= 15 is 0 Å². The molecule has 0 aromatic heterocycles. The van der Waals surface area contributed by atoms with Crippen LogP contribution in [0.15, 0.2) is 48.5 Å². The van der Waals surface area contributed by atoms with E-state index in [-0.39, 0.29) is 11.7 Å². The second-order valence-corrected chi connectivity index (χ2v) is 7.05. The van der Waals surface area contributed by atoms with Crippen LogP contribution < -0.4 is 4.74 Å². The van der Waals surface area contributed by atoms with E-state index in [1.807, 2.05) is 48.5 Å². The molecule has 138 valence electrons. The Kier molecular flexibility index (Phi) is 7.58. The number of rotatable bonds is 4. The molecule has 0 saturated heterocycles. The molecule has 0 aliphatic heterocycles. The molecule has 3 nitrogen and oxygen atoms in total. The fourth-order valence-electron chi connectivity index (χ4n) is 3.03. The number of Topliss-reactive ketones (excluding diaryl/α,β-unsaturated/α-hetero) is 2. The molecule has 1 fully saturated rings. The molecule has 0 amide bonds. The summed E-state index contributed by atoms with van der Waals surface area (Å²) in [5, 5.41) is 0. The highest BCUT2D eigenvalue weighted by molar-refractivity contribution is 5.98. The smallest absolute Gasteiger partial charge is 0.165 e. The minimum atomic E-state index is 0.167. The van der Waals surface area contributed by atoms with Gasteiger partial charge in [-0.25, -0.2) is 0 Å². The molecule has 1 aliphatic carbocycles. The van der Waals surface area contributed by atoms with Crippen molar-refractivity contribution in [2.45, 2.75) is 52.9 Å². The molecule has 0 spiro atoms. The summed E-state index contributed by atoms with van der Waals surface area (Å²) < 4.78 is 5.80. The van der Waals surface area contributed by atoms with Gasteiger partial charge in [0, 0.05) is 11.5 Å². The van der Waals surface area contributed by atoms with Crippen molar-refractivity contribution in [1.82, 2.24) is 0 Å². The number of aryl methyl sites for hydroxylation is 1. The van der Waals surface area contributed by atoms with Crippen LogP contribution in [0.4, 0.5) is 0 Å². The van der Waals surface area contributed by atoms with Crippen LogP contribution in [0.25, 0.3) is 0 Å². The molecule has 0 radical (unpaired) electrons. The number of hydrogen-bond acceptors (Lipinski definition) is 3. The summed E-state index contributed by atoms with van der Waals surface area (Å²) in [5.41, 5.74) is 2.02. The van der Waals surface area contributed by atoms with Crippen LogP contribution in [-0.2, 0) is 4.79 Å². The van der Waals surface area contributed by atoms with Crippen molar-refractivity contribution in [2.24, 2.45) is 5.92 Å². The quantitative estimate of drug-likeness (QED) is 0.620. The van der Waals surface area contributed by atoms with E-state index in [1.54, 1.807) is 0 Å². The van der Waals surface area contributed by atoms with Gasteiger partial charge in [0.05, 0.1) is 0 Å². The molecule has 1 saturated carbocycles. The standard InChI is InChI=1S/C20H22O2.C3H6O/c1-15-7-11-18(12-8-15)22-19-13-9-17(10-14-19)20(21)16-5-3-2-4-6-16;1-3(2)4/h7-14,16H,2-6H2,1H3;1-2H3. The van der Waals surface area contributed by atoms with E-state index in [0.29, 0.717) is 5.78 Å². The highest BCUT2D eigenvalue weighted by Crippen LogP contribution is 2.28. The van der Waals surface area contributed by atoms with Gasteiger partial charge in [0.1, 0.15) is 17.3 Å². The molecule has 0 bridgehead atoms. The zero-order chi connectivity index (χ0) is 18.9. The first-order chi connectivity index (χ1) is 12.5. The van der Waals surface area contributed by atoms with Crippen molar-refractivity contribution < 1.29 is 14.3 Å². The van der Waals surface area contributed by atoms with Crippen molar-refractivity contribution in [3.8, 4) is 11.5 Å². The Labute approximate surface area is 156 Å². The van der Waals surface area contributed by atoms with Gasteiger partial charge in [-0.05, 0) is 70.0 Å². The monoisotopic (exact) mass is 352 g/mol.